The van der Waals surface area contributed by atoms with Gasteiger partial charge in [0.15, 0.2) is 0 Å². The second kappa shape index (κ2) is 14.5. The number of nitrogens with one attached hydrogen (secondary N) is 4. The average Bonchev–Trinajstić information content (AvgIpc) is 3.67. The van der Waals surface area contributed by atoms with E-state index in [2.05, 4.69) is 30.8 Å². The van der Waals surface area contributed by atoms with Crippen LogP contribution in [0.15, 0.2) is 67.1 Å². The minimum atomic E-state index is -0.384. The van der Waals surface area contributed by atoms with Gasteiger partial charge in [-0.2, -0.15) is 0 Å². The monoisotopic (exact) mass is 610 g/mol. The van der Waals surface area contributed by atoms with E-state index in [1.165, 1.54) is 6.20 Å². The van der Waals surface area contributed by atoms with Crippen molar-refractivity contribution in [2.24, 2.45) is 7.05 Å². The molecule has 5 rings (SSSR count). The number of hydrogen-bond donors (Lipinski definition) is 4. The zero-order chi connectivity index (χ0) is 31.8. The fourth-order valence-corrected chi connectivity index (χ4v) is 4.81. The maximum Gasteiger partial charge on any atom is 0.272 e. The van der Waals surface area contributed by atoms with Crippen molar-refractivity contribution in [2.75, 3.05) is 69.0 Å². The second-order valence-electron chi connectivity index (χ2n) is 10.9. The molecule has 0 saturated carbocycles. The van der Waals surface area contributed by atoms with Gasteiger partial charge >= 0.3 is 0 Å². The number of rotatable bonds is 11. The first kappa shape index (κ1) is 31.2. The summed E-state index contributed by atoms with van der Waals surface area (Å²) in [6, 6.07) is 14.8. The minimum Gasteiger partial charge on any atom is -0.379 e. The van der Waals surface area contributed by atoms with Gasteiger partial charge in [-0.15, -0.1) is 0 Å². The van der Waals surface area contributed by atoms with Gasteiger partial charge in [0.05, 0.1) is 35.8 Å². The Kier molecular flexibility index (Phi) is 10.1. The van der Waals surface area contributed by atoms with Gasteiger partial charge in [0.25, 0.3) is 17.7 Å². The number of carbonyl (C=O) groups is 3. The van der Waals surface area contributed by atoms with Crippen LogP contribution in [0.5, 0.6) is 0 Å². The van der Waals surface area contributed by atoms with Crippen LogP contribution in [0.25, 0.3) is 12.2 Å². The molecule has 1 aliphatic heterocycles. The third-order valence-corrected chi connectivity index (χ3v) is 7.40. The predicted octanol–water partition coefficient (Wildman–Crippen LogP) is 3.55. The van der Waals surface area contributed by atoms with Crippen LogP contribution in [0.1, 0.15) is 42.6 Å². The van der Waals surface area contributed by atoms with E-state index >= 15 is 0 Å². The molecular formula is C33H38N8O4. The van der Waals surface area contributed by atoms with Crippen LogP contribution >= 0.6 is 0 Å². The Bertz CT molecular complexity index is 1650. The van der Waals surface area contributed by atoms with Crippen LogP contribution in [0, 0.1) is 0 Å². The van der Waals surface area contributed by atoms with Crippen LogP contribution in [0.2, 0.25) is 0 Å². The number of aromatic nitrogens is 3. The fourth-order valence-electron chi connectivity index (χ4n) is 4.81. The van der Waals surface area contributed by atoms with E-state index in [1.54, 1.807) is 48.3 Å². The second-order valence-corrected chi connectivity index (χ2v) is 10.9. The molecule has 12 heteroatoms. The van der Waals surface area contributed by atoms with Crippen molar-refractivity contribution < 1.29 is 19.1 Å². The number of H-pyrrole nitrogens is 1. The van der Waals surface area contributed by atoms with Crippen molar-refractivity contribution in [1.82, 2.24) is 24.8 Å². The van der Waals surface area contributed by atoms with E-state index in [0.29, 0.717) is 48.1 Å². The molecule has 45 heavy (non-hydrogen) atoms. The summed E-state index contributed by atoms with van der Waals surface area (Å²) in [6.07, 6.45) is 8.59. The maximum atomic E-state index is 13.0. The first-order valence-corrected chi connectivity index (χ1v) is 14.7. The molecule has 234 valence electrons. The van der Waals surface area contributed by atoms with E-state index in [4.69, 9.17) is 4.74 Å². The zero-order valence-corrected chi connectivity index (χ0v) is 25.7. The highest BCUT2D eigenvalue weighted by molar-refractivity contribution is 6.07. The molecule has 12 nitrogen and oxygen atoms in total. The third-order valence-electron chi connectivity index (χ3n) is 7.40. The number of aromatic amines is 1. The highest BCUT2D eigenvalue weighted by Crippen LogP contribution is 2.18. The van der Waals surface area contributed by atoms with Crippen molar-refractivity contribution in [3.8, 4) is 0 Å². The maximum absolute atomic E-state index is 13.0. The number of morpholine rings is 1. The molecule has 0 atom stereocenters. The van der Waals surface area contributed by atoms with Crippen LogP contribution in [0.3, 0.4) is 0 Å². The Morgan fingerprint density at radius 3 is 2.42 bits per heavy atom. The van der Waals surface area contributed by atoms with Gasteiger partial charge in [-0.25, -0.2) is 0 Å². The molecule has 0 spiro atoms. The summed E-state index contributed by atoms with van der Waals surface area (Å²) in [6.45, 7) is 4.39. The zero-order valence-electron chi connectivity index (χ0n) is 25.7. The van der Waals surface area contributed by atoms with Gasteiger partial charge < -0.3 is 35.1 Å². The predicted molar refractivity (Wildman–Crippen MR) is 176 cm³/mol. The molecule has 0 radical (unpaired) electrons. The summed E-state index contributed by atoms with van der Waals surface area (Å²) in [5, 5.41) is 8.51. The molecule has 0 aliphatic carbocycles. The lowest BCUT2D eigenvalue weighted by atomic mass is 10.1. The molecular weight excluding hydrogens is 572 g/mol. The van der Waals surface area contributed by atoms with Crippen molar-refractivity contribution >= 4 is 46.9 Å². The summed E-state index contributed by atoms with van der Waals surface area (Å²) in [5.74, 6) is -0.976. The molecule has 4 aromatic rings. The molecule has 1 aliphatic rings. The Balaban J connectivity index is 1.11. The van der Waals surface area contributed by atoms with Gasteiger partial charge in [-0.05, 0) is 48.0 Å². The lowest BCUT2D eigenvalue weighted by molar-refractivity contribution is 0.0383. The van der Waals surface area contributed by atoms with E-state index in [1.807, 2.05) is 55.4 Å². The lowest BCUT2D eigenvalue weighted by Gasteiger charge is -2.26. The minimum absolute atomic E-state index is 0.249. The third kappa shape index (κ3) is 8.46. The number of amides is 3. The topological polar surface area (TPSA) is 137 Å². The number of ether oxygens (including phenoxy) is 1. The Morgan fingerprint density at radius 2 is 1.71 bits per heavy atom. The van der Waals surface area contributed by atoms with Crippen molar-refractivity contribution in [3.05, 3.63) is 95.3 Å². The summed E-state index contributed by atoms with van der Waals surface area (Å²) in [7, 11) is 5.71. The normalized spacial score (nSPS) is 13.5. The van der Waals surface area contributed by atoms with Crippen molar-refractivity contribution in [3.63, 3.8) is 0 Å². The number of nitrogens with zero attached hydrogens (tertiary/aromatic N) is 4. The fraction of sp³-hybridized carbons (Fsp3) is 0.273. The highest BCUT2D eigenvalue weighted by atomic mass is 16.5. The molecule has 3 amide bonds. The Hall–Kier alpha value is -5.20. The summed E-state index contributed by atoms with van der Waals surface area (Å²) >= 11 is 0. The quantitative estimate of drug-likeness (QED) is 0.204. The number of anilines is 3. The Labute approximate surface area is 262 Å². The molecule has 3 aromatic heterocycles. The molecule has 4 N–H and O–H groups in total. The molecule has 1 fully saturated rings. The highest BCUT2D eigenvalue weighted by Gasteiger charge is 2.17. The van der Waals surface area contributed by atoms with Gasteiger partial charge in [-0.3, -0.25) is 24.3 Å². The van der Waals surface area contributed by atoms with Crippen molar-refractivity contribution in [2.45, 2.75) is 0 Å². The number of carbonyl (C=O) groups excluding carboxylic acids is 3. The number of hydrogen-bond acceptors (Lipinski definition) is 7. The molecule has 1 aromatic carbocycles. The SMILES string of the molecule is CN(C)c1ccc(/C=C/c2ccc(C(=O)Nc3cc(C(=O)Nc4c[nH]c(C(=O)NCCN5CCOCC5)c4)n(C)c3)cn2)cc1. The lowest BCUT2D eigenvalue weighted by Crippen LogP contribution is -2.41. The van der Waals surface area contributed by atoms with Crippen molar-refractivity contribution in [1.29, 1.82) is 0 Å². The van der Waals surface area contributed by atoms with Gasteiger partial charge in [-0.1, -0.05) is 18.2 Å². The molecule has 0 bridgehead atoms. The Morgan fingerprint density at radius 1 is 0.956 bits per heavy atom. The van der Waals surface area contributed by atoms with E-state index < -0.39 is 0 Å². The van der Waals surface area contributed by atoms with Gasteiger partial charge in [0, 0.05) is 71.6 Å². The molecule has 4 heterocycles. The van der Waals surface area contributed by atoms with Crippen LogP contribution in [-0.4, -0.2) is 90.6 Å². The number of pyridine rings is 1. The molecule has 0 unspecified atom stereocenters. The van der Waals surface area contributed by atoms with E-state index in [9.17, 15) is 14.4 Å². The average molecular weight is 611 g/mol. The number of aryl methyl sites for hydroxylation is 1. The molecule has 1 saturated heterocycles. The standard InChI is InChI=1S/C33H38N8O4/c1-39(2)28-10-5-23(6-11-28)4-8-25-9-7-24(20-35-25)31(42)38-27-19-30(40(3)22-27)33(44)37-26-18-29(36-21-26)32(43)34-12-13-41-14-16-45-17-15-41/h4-11,18-22,36H,12-17H2,1-3H3,(H,34,43)(H,37,44)(H,38,42)/b8-4+. The van der Waals surface area contributed by atoms with Crippen LogP contribution in [-0.2, 0) is 11.8 Å². The van der Waals surface area contributed by atoms with Gasteiger partial charge in [0.2, 0.25) is 0 Å². The van der Waals surface area contributed by atoms with E-state index in [0.717, 1.165) is 36.6 Å². The number of benzene rings is 1. The summed E-state index contributed by atoms with van der Waals surface area (Å²) in [4.78, 5) is 49.9. The van der Waals surface area contributed by atoms with E-state index in [-0.39, 0.29) is 17.7 Å². The van der Waals surface area contributed by atoms with Crippen LogP contribution < -0.4 is 20.9 Å². The largest absolute Gasteiger partial charge is 0.379 e. The van der Waals surface area contributed by atoms with Gasteiger partial charge in [0.1, 0.15) is 11.4 Å². The smallest absolute Gasteiger partial charge is 0.272 e. The first-order chi connectivity index (χ1) is 21.7. The summed E-state index contributed by atoms with van der Waals surface area (Å²) in [5.41, 5.74) is 4.88. The summed E-state index contributed by atoms with van der Waals surface area (Å²) < 4.78 is 6.96. The first-order valence-electron chi connectivity index (χ1n) is 14.7. The van der Waals surface area contributed by atoms with Crippen LogP contribution in [0.4, 0.5) is 17.1 Å².